The standard InChI is InChI=1S/C14H15NO4/c16-11-5-6-15(8-11)14(17)4-2-10-1-3-12-13(7-10)19-9-18-12/h1-4,7,11,16H,5-6,8-9H2/b4-2+. The highest BCUT2D eigenvalue weighted by Crippen LogP contribution is 2.32. The minimum atomic E-state index is -0.386. The van der Waals surface area contributed by atoms with Crippen molar-refractivity contribution in [3.63, 3.8) is 0 Å². The molecule has 2 heterocycles. The number of aliphatic hydroxyl groups is 1. The lowest BCUT2D eigenvalue weighted by atomic mass is 10.2. The Balaban J connectivity index is 1.67. The summed E-state index contributed by atoms with van der Waals surface area (Å²) in [6.45, 7) is 1.28. The summed E-state index contributed by atoms with van der Waals surface area (Å²) < 4.78 is 10.5. The van der Waals surface area contributed by atoms with Crippen LogP contribution in [0.3, 0.4) is 0 Å². The van der Waals surface area contributed by atoms with Gasteiger partial charge in [-0.15, -0.1) is 0 Å². The molecule has 3 rings (SSSR count). The van der Waals surface area contributed by atoms with Crippen molar-refractivity contribution in [2.45, 2.75) is 12.5 Å². The van der Waals surface area contributed by atoms with Gasteiger partial charge in [0.05, 0.1) is 6.10 Å². The zero-order valence-electron chi connectivity index (χ0n) is 10.4. The molecule has 1 saturated heterocycles. The molecule has 0 saturated carbocycles. The number of ether oxygens (including phenoxy) is 2. The number of hydrogen-bond acceptors (Lipinski definition) is 4. The normalized spacial score (nSPS) is 21.3. The van der Waals surface area contributed by atoms with Crippen LogP contribution in [0.5, 0.6) is 11.5 Å². The van der Waals surface area contributed by atoms with Crippen LogP contribution in [-0.4, -0.2) is 41.9 Å². The molecule has 0 aliphatic carbocycles. The fraction of sp³-hybridized carbons (Fsp3) is 0.357. The van der Waals surface area contributed by atoms with Gasteiger partial charge in [-0.1, -0.05) is 6.07 Å². The quantitative estimate of drug-likeness (QED) is 0.808. The van der Waals surface area contributed by atoms with Gasteiger partial charge in [0.15, 0.2) is 11.5 Å². The van der Waals surface area contributed by atoms with Crippen LogP contribution in [0.4, 0.5) is 0 Å². The maximum Gasteiger partial charge on any atom is 0.246 e. The molecule has 1 fully saturated rings. The van der Waals surface area contributed by atoms with Crippen molar-refractivity contribution < 1.29 is 19.4 Å². The lowest BCUT2D eigenvalue weighted by molar-refractivity contribution is -0.125. The third-order valence-electron chi connectivity index (χ3n) is 3.29. The van der Waals surface area contributed by atoms with Crippen LogP contribution < -0.4 is 9.47 Å². The Bertz CT molecular complexity index is 526. The summed E-state index contributed by atoms with van der Waals surface area (Å²) >= 11 is 0. The fourth-order valence-corrected chi connectivity index (χ4v) is 2.23. The van der Waals surface area contributed by atoms with E-state index >= 15 is 0 Å². The molecule has 1 aromatic carbocycles. The van der Waals surface area contributed by atoms with Crippen molar-refractivity contribution in [3.05, 3.63) is 29.8 Å². The lowest BCUT2D eigenvalue weighted by Gasteiger charge is -2.12. The van der Waals surface area contributed by atoms with Crippen molar-refractivity contribution in [1.82, 2.24) is 4.90 Å². The van der Waals surface area contributed by atoms with E-state index in [4.69, 9.17) is 9.47 Å². The lowest BCUT2D eigenvalue weighted by Crippen LogP contribution is -2.27. The molecule has 1 aromatic rings. The van der Waals surface area contributed by atoms with Gasteiger partial charge >= 0.3 is 0 Å². The average molecular weight is 261 g/mol. The first-order chi connectivity index (χ1) is 9.22. The fourth-order valence-electron chi connectivity index (χ4n) is 2.23. The van der Waals surface area contributed by atoms with Crippen LogP contribution in [0.15, 0.2) is 24.3 Å². The smallest absolute Gasteiger partial charge is 0.246 e. The summed E-state index contributed by atoms with van der Waals surface area (Å²) in [5.74, 6) is 1.35. The Labute approximate surface area is 111 Å². The molecule has 5 heteroatoms. The highest BCUT2D eigenvalue weighted by Gasteiger charge is 2.22. The zero-order valence-corrected chi connectivity index (χ0v) is 10.4. The average Bonchev–Trinajstić information content (AvgIpc) is 3.03. The summed E-state index contributed by atoms with van der Waals surface area (Å²) in [4.78, 5) is 13.5. The minimum absolute atomic E-state index is 0.0748. The van der Waals surface area contributed by atoms with Crippen LogP contribution in [0, 0.1) is 0 Å². The molecule has 0 radical (unpaired) electrons. The minimum Gasteiger partial charge on any atom is -0.454 e. The number of amides is 1. The topological polar surface area (TPSA) is 59.0 Å². The van der Waals surface area contributed by atoms with E-state index in [1.807, 2.05) is 18.2 Å². The van der Waals surface area contributed by atoms with Gasteiger partial charge in [-0.3, -0.25) is 4.79 Å². The summed E-state index contributed by atoms with van der Waals surface area (Å²) in [6, 6.07) is 5.53. The first-order valence-corrected chi connectivity index (χ1v) is 6.27. The van der Waals surface area contributed by atoms with Crippen molar-refractivity contribution in [3.8, 4) is 11.5 Å². The molecule has 0 aromatic heterocycles. The van der Waals surface area contributed by atoms with Crippen LogP contribution in [0.1, 0.15) is 12.0 Å². The number of hydrogen-bond donors (Lipinski definition) is 1. The molecule has 1 unspecified atom stereocenters. The van der Waals surface area contributed by atoms with Gasteiger partial charge in [0.1, 0.15) is 0 Å². The van der Waals surface area contributed by atoms with Crippen molar-refractivity contribution in [1.29, 1.82) is 0 Å². The highest BCUT2D eigenvalue weighted by molar-refractivity contribution is 5.92. The van der Waals surface area contributed by atoms with E-state index < -0.39 is 0 Å². The van der Waals surface area contributed by atoms with Gasteiger partial charge in [-0.25, -0.2) is 0 Å². The zero-order chi connectivity index (χ0) is 13.2. The van der Waals surface area contributed by atoms with E-state index in [1.54, 1.807) is 11.0 Å². The number of likely N-dealkylation sites (tertiary alicyclic amines) is 1. The molecular weight excluding hydrogens is 246 g/mol. The van der Waals surface area contributed by atoms with Gasteiger partial charge in [0.2, 0.25) is 12.7 Å². The molecule has 5 nitrogen and oxygen atoms in total. The Morgan fingerprint density at radius 3 is 3.00 bits per heavy atom. The summed E-state index contributed by atoms with van der Waals surface area (Å²) in [7, 11) is 0. The van der Waals surface area contributed by atoms with E-state index in [0.29, 0.717) is 25.3 Å². The summed E-state index contributed by atoms with van der Waals surface area (Å²) in [5.41, 5.74) is 0.886. The number of fused-ring (bicyclic) bond motifs is 1. The SMILES string of the molecule is O=C(/C=C/c1ccc2c(c1)OCO2)N1CCC(O)C1. The van der Waals surface area contributed by atoms with E-state index in [9.17, 15) is 9.90 Å². The second-order valence-corrected chi connectivity index (χ2v) is 4.67. The molecule has 1 amide bonds. The molecule has 100 valence electrons. The second kappa shape index (κ2) is 4.93. The Hall–Kier alpha value is -2.01. The molecule has 0 bridgehead atoms. The van der Waals surface area contributed by atoms with Gasteiger partial charge in [-0.05, 0) is 30.2 Å². The molecular formula is C14H15NO4. The van der Waals surface area contributed by atoms with E-state index in [-0.39, 0.29) is 18.8 Å². The molecule has 1 N–H and O–H groups in total. The van der Waals surface area contributed by atoms with Crippen LogP contribution in [-0.2, 0) is 4.79 Å². The molecule has 19 heavy (non-hydrogen) atoms. The third-order valence-corrected chi connectivity index (χ3v) is 3.29. The number of β-amino-alcohol motifs (C(OH)–C–C–N with tert-alkyl or cyclic N) is 1. The Kier molecular flexibility index (Phi) is 3.13. The highest BCUT2D eigenvalue weighted by atomic mass is 16.7. The number of carbonyl (C=O) groups excluding carboxylic acids is 1. The Morgan fingerprint density at radius 2 is 2.21 bits per heavy atom. The summed E-state index contributed by atoms with van der Waals surface area (Å²) in [6.07, 6.45) is 3.54. The monoisotopic (exact) mass is 261 g/mol. The van der Waals surface area contributed by atoms with E-state index in [0.717, 1.165) is 11.3 Å². The molecule has 1 atom stereocenters. The third kappa shape index (κ3) is 2.56. The Morgan fingerprint density at radius 1 is 1.37 bits per heavy atom. The molecule has 0 spiro atoms. The van der Waals surface area contributed by atoms with E-state index in [1.165, 1.54) is 6.08 Å². The van der Waals surface area contributed by atoms with E-state index in [2.05, 4.69) is 0 Å². The van der Waals surface area contributed by atoms with Gasteiger partial charge in [0.25, 0.3) is 0 Å². The molecule has 2 aliphatic rings. The predicted octanol–water partition coefficient (Wildman–Crippen LogP) is 1.02. The first-order valence-electron chi connectivity index (χ1n) is 6.27. The number of aliphatic hydroxyl groups excluding tert-OH is 1. The van der Waals surface area contributed by atoms with Crippen LogP contribution >= 0.6 is 0 Å². The number of nitrogens with zero attached hydrogens (tertiary/aromatic N) is 1. The van der Waals surface area contributed by atoms with Gasteiger partial charge in [0, 0.05) is 19.2 Å². The predicted molar refractivity (Wildman–Crippen MR) is 68.8 cm³/mol. The molecule has 2 aliphatic heterocycles. The maximum atomic E-state index is 11.9. The van der Waals surface area contributed by atoms with Crippen molar-refractivity contribution in [2.75, 3.05) is 19.9 Å². The number of carbonyl (C=O) groups is 1. The van der Waals surface area contributed by atoms with Crippen molar-refractivity contribution >= 4 is 12.0 Å². The number of benzene rings is 1. The van der Waals surface area contributed by atoms with Gasteiger partial charge in [-0.2, -0.15) is 0 Å². The van der Waals surface area contributed by atoms with Crippen LogP contribution in [0.2, 0.25) is 0 Å². The number of rotatable bonds is 2. The van der Waals surface area contributed by atoms with Gasteiger partial charge < -0.3 is 19.5 Å². The second-order valence-electron chi connectivity index (χ2n) is 4.67. The van der Waals surface area contributed by atoms with Crippen molar-refractivity contribution in [2.24, 2.45) is 0 Å². The summed E-state index contributed by atoms with van der Waals surface area (Å²) in [5, 5.41) is 9.39. The first kappa shape index (κ1) is 12.0. The largest absolute Gasteiger partial charge is 0.454 e. The maximum absolute atomic E-state index is 11.9. The van der Waals surface area contributed by atoms with Crippen LogP contribution in [0.25, 0.3) is 6.08 Å².